The summed E-state index contributed by atoms with van der Waals surface area (Å²) in [4.78, 5) is 16.4. The van der Waals surface area contributed by atoms with Gasteiger partial charge >= 0.3 is 0 Å². The highest BCUT2D eigenvalue weighted by Crippen LogP contribution is 2.29. The molecule has 1 amide bonds. The second-order valence-corrected chi connectivity index (χ2v) is 8.40. The number of carbonyl (C=O) groups is 1. The summed E-state index contributed by atoms with van der Waals surface area (Å²) in [6.45, 7) is 3.61. The van der Waals surface area contributed by atoms with Crippen molar-refractivity contribution in [3.63, 3.8) is 0 Å². The summed E-state index contributed by atoms with van der Waals surface area (Å²) >= 11 is 0. The van der Waals surface area contributed by atoms with E-state index in [2.05, 4.69) is 20.1 Å². The van der Waals surface area contributed by atoms with Crippen LogP contribution in [-0.4, -0.2) is 43.3 Å². The maximum atomic E-state index is 13.1. The fourth-order valence-corrected chi connectivity index (χ4v) is 4.31. The lowest BCUT2D eigenvalue weighted by Gasteiger charge is -2.15. The van der Waals surface area contributed by atoms with Crippen LogP contribution in [0.15, 0.2) is 41.4 Å². The van der Waals surface area contributed by atoms with E-state index < -0.39 is 15.9 Å². The highest BCUT2D eigenvalue weighted by molar-refractivity contribution is 7.92. The van der Waals surface area contributed by atoms with Gasteiger partial charge in [0.25, 0.3) is 15.9 Å². The molecule has 0 aliphatic heterocycles. The summed E-state index contributed by atoms with van der Waals surface area (Å²) < 4.78 is 40.3. The Bertz CT molecular complexity index is 1220. The lowest BCUT2D eigenvalue weighted by atomic mass is 10.1. The number of nitrogens with zero attached hydrogens (tertiary/aromatic N) is 3. The van der Waals surface area contributed by atoms with Gasteiger partial charge in [-0.1, -0.05) is 18.2 Å². The molecule has 0 bridgehead atoms. The molecule has 3 rings (SSSR count). The quantitative estimate of drug-likeness (QED) is 0.572. The standard InChI is InChI=1S/C20H23N5O5S/c1-12-7-6-8-13(2)18(12)24-31(27,28)16-9-14(11-21-20(16)30-5)22-19(26)15-10-17(29-4)23-25(15)3/h6-11,24H,1-5H3,(H,22,26). The van der Waals surface area contributed by atoms with Crippen molar-refractivity contribution in [2.24, 2.45) is 7.05 Å². The van der Waals surface area contributed by atoms with Crippen molar-refractivity contribution in [3.05, 3.63) is 53.3 Å². The first-order valence-electron chi connectivity index (χ1n) is 9.18. The molecule has 2 N–H and O–H groups in total. The third-order valence-corrected chi connectivity index (χ3v) is 5.92. The molecule has 0 unspecified atom stereocenters. The van der Waals surface area contributed by atoms with Crippen LogP contribution in [0.2, 0.25) is 0 Å². The van der Waals surface area contributed by atoms with Crippen LogP contribution in [0, 0.1) is 13.8 Å². The van der Waals surface area contributed by atoms with E-state index in [0.717, 1.165) is 11.1 Å². The third-order valence-electron chi connectivity index (χ3n) is 4.58. The Morgan fingerprint density at radius 2 is 1.77 bits per heavy atom. The lowest BCUT2D eigenvalue weighted by Crippen LogP contribution is -2.19. The summed E-state index contributed by atoms with van der Waals surface area (Å²) in [5.74, 6) is -0.322. The number of ether oxygens (including phenoxy) is 2. The highest BCUT2D eigenvalue weighted by Gasteiger charge is 2.24. The van der Waals surface area contributed by atoms with Gasteiger partial charge in [0.2, 0.25) is 11.8 Å². The number of aromatic nitrogens is 3. The molecule has 31 heavy (non-hydrogen) atoms. The van der Waals surface area contributed by atoms with E-state index in [0.29, 0.717) is 5.69 Å². The van der Waals surface area contributed by atoms with E-state index in [1.54, 1.807) is 33.0 Å². The average Bonchev–Trinajstić information content (AvgIpc) is 3.12. The number of hydrogen-bond acceptors (Lipinski definition) is 7. The molecular weight excluding hydrogens is 422 g/mol. The molecular formula is C20H23N5O5S. The van der Waals surface area contributed by atoms with E-state index in [1.807, 2.05) is 6.07 Å². The van der Waals surface area contributed by atoms with E-state index in [1.165, 1.54) is 37.2 Å². The fraction of sp³-hybridized carbons (Fsp3) is 0.250. The van der Waals surface area contributed by atoms with Gasteiger partial charge in [-0.15, -0.1) is 5.10 Å². The van der Waals surface area contributed by atoms with Crippen LogP contribution < -0.4 is 19.5 Å². The van der Waals surface area contributed by atoms with Crippen LogP contribution in [0.3, 0.4) is 0 Å². The number of aryl methyl sites for hydroxylation is 3. The van der Waals surface area contributed by atoms with Crippen molar-refractivity contribution in [1.82, 2.24) is 14.8 Å². The second-order valence-electron chi connectivity index (χ2n) is 6.75. The van der Waals surface area contributed by atoms with Crippen molar-refractivity contribution >= 4 is 27.3 Å². The maximum absolute atomic E-state index is 13.1. The largest absolute Gasteiger partial charge is 0.480 e. The van der Waals surface area contributed by atoms with Gasteiger partial charge in [0.15, 0.2) is 4.90 Å². The summed E-state index contributed by atoms with van der Waals surface area (Å²) in [5, 5.41) is 6.65. The Labute approximate surface area is 180 Å². The van der Waals surface area contributed by atoms with Crippen LogP contribution in [0.5, 0.6) is 11.8 Å². The zero-order valence-corrected chi connectivity index (χ0v) is 18.6. The van der Waals surface area contributed by atoms with E-state index in [4.69, 9.17) is 9.47 Å². The van der Waals surface area contributed by atoms with Gasteiger partial charge in [-0.25, -0.2) is 13.4 Å². The number of sulfonamides is 1. The summed E-state index contributed by atoms with van der Waals surface area (Å²) in [5.41, 5.74) is 2.41. The minimum atomic E-state index is -4.06. The van der Waals surface area contributed by atoms with Gasteiger partial charge in [-0.3, -0.25) is 14.2 Å². The summed E-state index contributed by atoms with van der Waals surface area (Å²) in [7, 11) is 0.295. The number of pyridine rings is 1. The minimum Gasteiger partial charge on any atom is -0.480 e. The average molecular weight is 446 g/mol. The second kappa shape index (κ2) is 8.64. The number of carbonyl (C=O) groups excluding carboxylic acids is 1. The molecule has 0 spiro atoms. The Balaban J connectivity index is 1.94. The fourth-order valence-electron chi connectivity index (χ4n) is 2.96. The normalized spacial score (nSPS) is 11.1. The molecule has 1 aromatic carbocycles. The molecule has 0 saturated heterocycles. The predicted octanol–water partition coefficient (Wildman–Crippen LogP) is 2.50. The molecule has 2 aromatic heterocycles. The maximum Gasteiger partial charge on any atom is 0.274 e. The number of hydrogen-bond donors (Lipinski definition) is 2. The van der Waals surface area contributed by atoms with E-state index in [9.17, 15) is 13.2 Å². The Kier molecular flexibility index (Phi) is 6.16. The first kappa shape index (κ1) is 22.1. The Morgan fingerprint density at radius 3 is 2.35 bits per heavy atom. The molecule has 0 saturated carbocycles. The van der Waals surface area contributed by atoms with Crippen LogP contribution in [0.1, 0.15) is 21.6 Å². The predicted molar refractivity (Wildman–Crippen MR) is 115 cm³/mol. The molecule has 0 fully saturated rings. The first-order valence-corrected chi connectivity index (χ1v) is 10.7. The van der Waals surface area contributed by atoms with Crippen molar-refractivity contribution in [2.75, 3.05) is 24.3 Å². The molecule has 0 aliphatic carbocycles. The molecule has 11 heteroatoms. The van der Waals surface area contributed by atoms with Crippen LogP contribution in [0.4, 0.5) is 11.4 Å². The molecule has 0 radical (unpaired) electrons. The Hall–Kier alpha value is -3.60. The SMILES string of the molecule is COc1cc(C(=O)Nc2cnc(OC)c(S(=O)(=O)Nc3c(C)cccc3C)c2)n(C)n1. The van der Waals surface area contributed by atoms with Gasteiger partial charge in [0.05, 0.1) is 31.8 Å². The third kappa shape index (κ3) is 4.61. The smallest absolute Gasteiger partial charge is 0.274 e. The van der Waals surface area contributed by atoms with Crippen molar-refractivity contribution < 1.29 is 22.7 Å². The number of methoxy groups -OCH3 is 2. The number of amides is 1. The van der Waals surface area contributed by atoms with E-state index in [-0.39, 0.29) is 28.0 Å². The topological polar surface area (TPSA) is 124 Å². The van der Waals surface area contributed by atoms with Gasteiger partial charge in [0, 0.05) is 13.1 Å². The number of rotatable bonds is 7. The number of nitrogens with one attached hydrogen (secondary N) is 2. The van der Waals surface area contributed by atoms with E-state index >= 15 is 0 Å². The molecule has 2 heterocycles. The number of benzene rings is 1. The minimum absolute atomic E-state index is 0.0982. The monoisotopic (exact) mass is 445 g/mol. The summed E-state index contributed by atoms with van der Waals surface area (Å²) in [6.07, 6.45) is 1.31. The zero-order chi connectivity index (χ0) is 22.8. The molecule has 3 aromatic rings. The number of para-hydroxylation sites is 1. The van der Waals surface area contributed by atoms with Gasteiger partial charge in [-0.05, 0) is 31.0 Å². The van der Waals surface area contributed by atoms with Crippen molar-refractivity contribution in [3.8, 4) is 11.8 Å². The van der Waals surface area contributed by atoms with Gasteiger partial charge in [-0.2, -0.15) is 0 Å². The molecule has 10 nitrogen and oxygen atoms in total. The highest BCUT2D eigenvalue weighted by atomic mass is 32.2. The molecule has 0 aliphatic rings. The van der Waals surface area contributed by atoms with Crippen molar-refractivity contribution in [1.29, 1.82) is 0 Å². The summed E-state index contributed by atoms with van der Waals surface area (Å²) in [6, 6.07) is 8.20. The van der Waals surface area contributed by atoms with Gasteiger partial charge < -0.3 is 14.8 Å². The molecule has 0 atom stereocenters. The van der Waals surface area contributed by atoms with Crippen LogP contribution in [-0.2, 0) is 17.1 Å². The van der Waals surface area contributed by atoms with Crippen LogP contribution >= 0.6 is 0 Å². The lowest BCUT2D eigenvalue weighted by molar-refractivity contribution is 0.101. The Morgan fingerprint density at radius 1 is 1.10 bits per heavy atom. The van der Waals surface area contributed by atoms with Gasteiger partial charge in [0.1, 0.15) is 5.69 Å². The number of anilines is 2. The first-order chi connectivity index (χ1) is 14.7. The molecule has 164 valence electrons. The van der Waals surface area contributed by atoms with Crippen molar-refractivity contribution in [2.45, 2.75) is 18.7 Å². The van der Waals surface area contributed by atoms with Crippen LogP contribution in [0.25, 0.3) is 0 Å². The zero-order valence-electron chi connectivity index (χ0n) is 17.8.